The first kappa shape index (κ1) is 13.0. The van der Waals surface area contributed by atoms with Crippen molar-refractivity contribution in [1.82, 2.24) is 4.98 Å². The molecule has 1 atom stereocenters. The van der Waals surface area contributed by atoms with Gasteiger partial charge in [-0.25, -0.2) is 4.79 Å². The van der Waals surface area contributed by atoms with Gasteiger partial charge in [-0.05, 0) is 42.7 Å². The van der Waals surface area contributed by atoms with E-state index in [0.29, 0.717) is 11.1 Å². The summed E-state index contributed by atoms with van der Waals surface area (Å²) in [5.74, 6) is -0.449. The molecule has 0 saturated carbocycles. The first-order chi connectivity index (χ1) is 9.54. The minimum Gasteiger partial charge on any atom is -0.408 e. The van der Waals surface area contributed by atoms with Gasteiger partial charge in [0.1, 0.15) is 0 Å². The Morgan fingerprint density at radius 1 is 1.15 bits per heavy atom. The smallest absolute Gasteiger partial charge is 0.408 e. The molecule has 0 saturated heterocycles. The van der Waals surface area contributed by atoms with Crippen LogP contribution in [-0.4, -0.2) is 4.98 Å². The van der Waals surface area contributed by atoms with Crippen LogP contribution in [0.5, 0.6) is 0 Å². The number of benzene rings is 2. The van der Waals surface area contributed by atoms with Crippen LogP contribution in [0.4, 0.5) is 0 Å². The third kappa shape index (κ3) is 2.25. The number of hydrogen-bond donors (Lipinski definition) is 1. The number of nitrogens with one attached hydrogen (secondary N) is 1. The minimum absolute atomic E-state index is 0.264. The molecule has 0 fully saturated rings. The molecule has 1 heterocycles. The molecule has 1 unspecified atom stereocenters. The highest BCUT2D eigenvalue weighted by Gasteiger charge is 2.15. The molecule has 4 heteroatoms. The number of H-pyrrole nitrogens is 1. The van der Waals surface area contributed by atoms with Crippen LogP contribution in [0.15, 0.2) is 45.6 Å². The summed E-state index contributed by atoms with van der Waals surface area (Å²) < 4.78 is 5.08. The maximum atomic E-state index is 11.2. The predicted molar refractivity (Wildman–Crippen MR) is 80.4 cm³/mol. The first-order valence-electron chi connectivity index (χ1n) is 6.38. The van der Waals surface area contributed by atoms with Crippen molar-refractivity contribution in [2.24, 2.45) is 0 Å². The van der Waals surface area contributed by atoms with Crippen molar-refractivity contribution in [2.45, 2.75) is 19.2 Å². The lowest BCUT2D eigenvalue weighted by atomic mass is 9.98. The summed E-state index contributed by atoms with van der Waals surface area (Å²) in [5, 5.41) is -0.264. The van der Waals surface area contributed by atoms with Crippen LogP contribution in [0.2, 0.25) is 0 Å². The summed E-state index contributed by atoms with van der Waals surface area (Å²) in [6.45, 7) is 4.08. The van der Waals surface area contributed by atoms with Gasteiger partial charge in [0.25, 0.3) is 0 Å². The minimum atomic E-state index is -0.449. The Bertz CT molecular complexity index is 832. The van der Waals surface area contributed by atoms with Crippen molar-refractivity contribution in [3.05, 3.63) is 69.2 Å². The molecule has 20 heavy (non-hydrogen) atoms. The van der Waals surface area contributed by atoms with E-state index in [-0.39, 0.29) is 5.38 Å². The van der Waals surface area contributed by atoms with Gasteiger partial charge in [0.05, 0.1) is 10.9 Å². The average Bonchev–Trinajstić information content (AvgIpc) is 2.79. The van der Waals surface area contributed by atoms with Crippen LogP contribution in [0.25, 0.3) is 11.1 Å². The molecule has 3 aromatic rings. The van der Waals surface area contributed by atoms with E-state index in [4.69, 9.17) is 16.0 Å². The van der Waals surface area contributed by atoms with Crippen molar-refractivity contribution in [3.63, 3.8) is 0 Å². The fraction of sp³-hybridized carbons (Fsp3) is 0.188. The zero-order valence-corrected chi connectivity index (χ0v) is 12.0. The molecule has 1 aromatic heterocycles. The molecule has 3 rings (SSSR count). The number of aromatic nitrogens is 1. The first-order valence-corrected chi connectivity index (χ1v) is 6.82. The largest absolute Gasteiger partial charge is 0.417 e. The Balaban J connectivity index is 2.09. The number of rotatable bonds is 2. The number of aromatic amines is 1. The standard InChI is InChI=1S/C16H14ClNO2/c1-9-3-4-10(2)12(7-9)15(17)11-5-6-13-14(8-11)20-16(19)18-13/h3-8,15H,1-2H3,(H,18,19). The zero-order valence-electron chi connectivity index (χ0n) is 11.2. The second kappa shape index (κ2) is 4.84. The molecule has 0 spiro atoms. The molecule has 0 aliphatic heterocycles. The van der Waals surface area contributed by atoms with Gasteiger partial charge in [0.15, 0.2) is 5.58 Å². The maximum absolute atomic E-state index is 11.2. The van der Waals surface area contributed by atoms with Gasteiger partial charge >= 0.3 is 5.76 Å². The van der Waals surface area contributed by atoms with E-state index in [2.05, 4.69) is 23.2 Å². The number of halogens is 1. The lowest BCUT2D eigenvalue weighted by molar-refractivity contribution is 0.555. The van der Waals surface area contributed by atoms with Crippen molar-refractivity contribution in [3.8, 4) is 0 Å². The van der Waals surface area contributed by atoms with Crippen LogP contribution >= 0.6 is 11.6 Å². The highest BCUT2D eigenvalue weighted by Crippen LogP contribution is 2.32. The number of aryl methyl sites for hydroxylation is 2. The van der Waals surface area contributed by atoms with E-state index >= 15 is 0 Å². The van der Waals surface area contributed by atoms with Crippen LogP contribution < -0.4 is 5.76 Å². The summed E-state index contributed by atoms with van der Waals surface area (Å²) in [6.07, 6.45) is 0. The van der Waals surface area contributed by atoms with E-state index in [9.17, 15) is 4.79 Å². The number of oxazole rings is 1. The molecule has 1 N–H and O–H groups in total. The molecule has 0 bridgehead atoms. The van der Waals surface area contributed by atoms with E-state index in [1.807, 2.05) is 32.0 Å². The third-order valence-corrected chi connectivity index (χ3v) is 3.93. The van der Waals surface area contributed by atoms with Gasteiger partial charge in [-0.3, -0.25) is 4.98 Å². The molecule has 2 aromatic carbocycles. The molecule has 0 aliphatic rings. The van der Waals surface area contributed by atoms with Crippen LogP contribution in [0.1, 0.15) is 27.6 Å². The summed E-state index contributed by atoms with van der Waals surface area (Å²) >= 11 is 6.59. The fourth-order valence-corrected chi connectivity index (χ4v) is 2.70. The normalized spacial score (nSPS) is 12.8. The van der Waals surface area contributed by atoms with Gasteiger partial charge in [-0.1, -0.05) is 29.8 Å². The zero-order chi connectivity index (χ0) is 14.3. The van der Waals surface area contributed by atoms with Crippen LogP contribution in [0.3, 0.4) is 0 Å². The Kier molecular flexibility index (Phi) is 3.14. The Hall–Kier alpha value is -2.00. The molecule has 0 aliphatic carbocycles. The summed E-state index contributed by atoms with van der Waals surface area (Å²) in [5.41, 5.74) is 5.52. The highest BCUT2D eigenvalue weighted by molar-refractivity contribution is 6.22. The Morgan fingerprint density at radius 3 is 2.75 bits per heavy atom. The summed E-state index contributed by atoms with van der Waals surface area (Å²) in [7, 11) is 0. The average molecular weight is 288 g/mol. The summed E-state index contributed by atoms with van der Waals surface area (Å²) in [4.78, 5) is 13.8. The van der Waals surface area contributed by atoms with E-state index < -0.39 is 5.76 Å². The Morgan fingerprint density at radius 2 is 1.95 bits per heavy atom. The molecular weight excluding hydrogens is 274 g/mol. The summed E-state index contributed by atoms with van der Waals surface area (Å²) in [6, 6.07) is 11.8. The predicted octanol–water partition coefficient (Wildman–Crippen LogP) is 4.07. The van der Waals surface area contributed by atoms with Crippen molar-refractivity contribution >= 4 is 22.7 Å². The van der Waals surface area contributed by atoms with Crippen LogP contribution in [0, 0.1) is 13.8 Å². The number of alkyl halides is 1. The Labute approximate surface area is 121 Å². The fourth-order valence-electron chi connectivity index (χ4n) is 2.33. The van der Waals surface area contributed by atoms with Gasteiger partial charge in [0.2, 0.25) is 0 Å². The molecule has 0 amide bonds. The van der Waals surface area contributed by atoms with E-state index in [1.165, 1.54) is 5.56 Å². The quantitative estimate of drug-likeness (QED) is 0.722. The van der Waals surface area contributed by atoms with Crippen LogP contribution in [-0.2, 0) is 0 Å². The van der Waals surface area contributed by atoms with Gasteiger partial charge < -0.3 is 4.42 Å². The monoisotopic (exact) mass is 287 g/mol. The number of hydrogen-bond acceptors (Lipinski definition) is 2. The van der Waals surface area contributed by atoms with Crippen molar-refractivity contribution in [2.75, 3.05) is 0 Å². The lowest BCUT2D eigenvalue weighted by Gasteiger charge is -2.14. The number of fused-ring (bicyclic) bond motifs is 1. The van der Waals surface area contributed by atoms with E-state index in [0.717, 1.165) is 16.7 Å². The molecule has 3 nitrogen and oxygen atoms in total. The second-order valence-electron chi connectivity index (χ2n) is 4.99. The van der Waals surface area contributed by atoms with Gasteiger partial charge in [-0.15, -0.1) is 11.6 Å². The van der Waals surface area contributed by atoms with Crippen molar-refractivity contribution < 1.29 is 4.42 Å². The highest BCUT2D eigenvalue weighted by atomic mass is 35.5. The third-order valence-electron chi connectivity index (χ3n) is 3.45. The lowest BCUT2D eigenvalue weighted by Crippen LogP contribution is -1.97. The topological polar surface area (TPSA) is 46.0 Å². The SMILES string of the molecule is Cc1ccc(C)c(C(Cl)c2ccc3[nH]c(=O)oc3c2)c1. The molecular formula is C16H14ClNO2. The van der Waals surface area contributed by atoms with Crippen molar-refractivity contribution in [1.29, 1.82) is 0 Å². The van der Waals surface area contributed by atoms with Gasteiger partial charge in [-0.2, -0.15) is 0 Å². The maximum Gasteiger partial charge on any atom is 0.417 e. The van der Waals surface area contributed by atoms with Gasteiger partial charge in [0, 0.05) is 0 Å². The molecule has 0 radical (unpaired) electrons. The second-order valence-corrected chi connectivity index (χ2v) is 5.43. The molecule has 102 valence electrons. The van der Waals surface area contributed by atoms with E-state index in [1.54, 1.807) is 0 Å².